The molecule has 0 fully saturated rings. The summed E-state index contributed by atoms with van der Waals surface area (Å²) in [5.41, 5.74) is 6.89. The van der Waals surface area contributed by atoms with Gasteiger partial charge in [0.1, 0.15) is 11.5 Å². The van der Waals surface area contributed by atoms with E-state index < -0.39 is 0 Å². The van der Waals surface area contributed by atoms with Crippen molar-refractivity contribution in [2.45, 2.75) is 11.2 Å². The van der Waals surface area contributed by atoms with Crippen LogP contribution in [0.3, 0.4) is 0 Å². The number of nitrogens with two attached hydrogens (primary N) is 1. The standard InChI is InChI=1S/C14H17N3O3S/c1-19-9-3-4-10(12(7-9)20-2)11(15)8-21-14-16-6-5-13(18)17-14/h3-7,11H,8,15H2,1-2H3,(H,16,17,18). The summed E-state index contributed by atoms with van der Waals surface area (Å²) in [6, 6.07) is 6.63. The van der Waals surface area contributed by atoms with Gasteiger partial charge in [0.05, 0.1) is 14.2 Å². The van der Waals surface area contributed by atoms with Gasteiger partial charge in [0.2, 0.25) is 0 Å². The maximum atomic E-state index is 11.2. The van der Waals surface area contributed by atoms with Gasteiger partial charge in [-0.05, 0) is 6.07 Å². The number of rotatable bonds is 6. The Labute approximate surface area is 126 Å². The van der Waals surface area contributed by atoms with E-state index in [1.54, 1.807) is 20.3 Å². The number of methoxy groups -OCH3 is 2. The van der Waals surface area contributed by atoms with E-state index in [2.05, 4.69) is 9.97 Å². The molecule has 3 N–H and O–H groups in total. The van der Waals surface area contributed by atoms with Crippen LogP contribution in [-0.4, -0.2) is 29.9 Å². The van der Waals surface area contributed by atoms with Gasteiger partial charge < -0.3 is 20.2 Å². The van der Waals surface area contributed by atoms with Gasteiger partial charge in [-0.1, -0.05) is 17.8 Å². The number of thioether (sulfide) groups is 1. The second-order valence-corrected chi connectivity index (χ2v) is 5.27. The molecule has 0 bridgehead atoms. The second kappa shape index (κ2) is 7.14. The molecule has 0 radical (unpaired) electrons. The summed E-state index contributed by atoms with van der Waals surface area (Å²) in [6.45, 7) is 0. The summed E-state index contributed by atoms with van der Waals surface area (Å²) in [5.74, 6) is 1.96. The van der Waals surface area contributed by atoms with Gasteiger partial charge in [0.15, 0.2) is 5.16 Å². The molecule has 1 aromatic carbocycles. The van der Waals surface area contributed by atoms with Gasteiger partial charge in [-0.15, -0.1) is 0 Å². The zero-order chi connectivity index (χ0) is 15.2. The Bertz CT molecular complexity index is 660. The van der Waals surface area contributed by atoms with Crippen molar-refractivity contribution in [2.75, 3.05) is 20.0 Å². The Morgan fingerprint density at radius 2 is 2.14 bits per heavy atom. The lowest BCUT2D eigenvalue weighted by Crippen LogP contribution is -2.15. The third-order valence-electron chi connectivity index (χ3n) is 2.89. The first-order valence-corrected chi connectivity index (χ1v) is 7.28. The van der Waals surface area contributed by atoms with Crippen LogP contribution >= 0.6 is 11.8 Å². The molecule has 0 aliphatic heterocycles. The average molecular weight is 307 g/mol. The molecule has 1 aromatic heterocycles. The van der Waals surface area contributed by atoms with Crippen LogP contribution in [0.25, 0.3) is 0 Å². The molecule has 6 nitrogen and oxygen atoms in total. The molecular formula is C14H17N3O3S. The van der Waals surface area contributed by atoms with Gasteiger partial charge in [-0.25, -0.2) is 4.98 Å². The Hall–Kier alpha value is -1.99. The first kappa shape index (κ1) is 15.4. The maximum Gasteiger partial charge on any atom is 0.251 e. The number of nitrogens with zero attached hydrogens (tertiary/aromatic N) is 1. The number of ether oxygens (including phenoxy) is 2. The molecule has 0 aliphatic rings. The predicted molar refractivity (Wildman–Crippen MR) is 82.1 cm³/mol. The highest BCUT2D eigenvalue weighted by Gasteiger charge is 2.14. The molecule has 1 heterocycles. The normalized spacial score (nSPS) is 12.0. The van der Waals surface area contributed by atoms with E-state index in [0.717, 1.165) is 5.56 Å². The highest BCUT2D eigenvalue weighted by Crippen LogP contribution is 2.30. The third-order valence-corrected chi connectivity index (χ3v) is 3.89. The summed E-state index contributed by atoms with van der Waals surface area (Å²) in [5, 5.41) is 0.547. The highest BCUT2D eigenvalue weighted by atomic mass is 32.2. The van der Waals surface area contributed by atoms with Gasteiger partial charge in [0, 0.05) is 35.7 Å². The fourth-order valence-corrected chi connectivity index (χ4v) is 2.63. The number of aromatic nitrogens is 2. The lowest BCUT2D eigenvalue weighted by molar-refractivity contribution is 0.389. The van der Waals surface area contributed by atoms with Crippen molar-refractivity contribution in [2.24, 2.45) is 5.73 Å². The molecule has 0 saturated carbocycles. The van der Waals surface area contributed by atoms with Gasteiger partial charge >= 0.3 is 0 Å². The summed E-state index contributed by atoms with van der Waals surface area (Å²) >= 11 is 1.39. The largest absolute Gasteiger partial charge is 0.497 e. The summed E-state index contributed by atoms with van der Waals surface area (Å²) < 4.78 is 10.5. The number of H-pyrrole nitrogens is 1. The fraction of sp³-hybridized carbons (Fsp3) is 0.286. The minimum Gasteiger partial charge on any atom is -0.497 e. The highest BCUT2D eigenvalue weighted by molar-refractivity contribution is 7.99. The van der Waals surface area contributed by atoms with Gasteiger partial charge in [-0.2, -0.15) is 0 Å². The monoisotopic (exact) mass is 307 g/mol. The van der Waals surface area contributed by atoms with E-state index in [1.807, 2.05) is 12.1 Å². The van der Waals surface area contributed by atoms with Crippen LogP contribution in [0.1, 0.15) is 11.6 Å². The molecule has 7 heteroatoms. The minimum atomic E-state index is -0.249. The fourth-order valence-electron chi connectivity index (χ4n) is 1.81. The second-order valence-electron chi connectivity index (χ2n) is 4.26. The summed E-state index contributed by atoms with van der Waals surface area (Å²) in [4.78, 5) is 17.9. The van der Waals surface area contributed by atoms with E-state index >= 15 is 0 Å². The predicted octanol–water partition coefficient (Wildman–Crippen LogP) is 1.58. The molecule has 2 aromatic rings. The topological polar surface area (TPSA) is 90.2 Å². The van der Waals surface area contributed by atoms with Gasteiger partial charge in [0.25, 0.3) is 5.56 Å². The molecule has 2 rings (SSSR count). The summed E-state index contributed by atoms with van der Waals surface area (Å²) in [6.07, 6.45) is 1.47. The van der Waals surface area contributed by atoms with Crippen molar-refractivity contribution in [1.29, 1.82) is 0 Å². The molecule has 21 heavy (non-hydrogen) atoms. The van der Waals surface area contributed by atoms with Gasteiger partial charge in [-0.3, -0.25) is 4.79 Å². The molecule has 0 spiro atoms. The van der Waals surface area contributed by atoms with Crippen LogP contribution in [0.4, 0.5) is 0 Å². The number of hydrogen-bond donors (Lipinski definition) is 2. The number of benzene rings is 1. The van der Waals surface area contributed by atoms with E-state index in [-0.39, 0.29) is 11.6 Å². The quantitative estimate of drug-likeness (QED) is 0.622. The number of nitrogens with one attached hydrogen (secondary N) is 1. The Morgan fingerprint density at radius 1 is 1.33 bits per heavy atom. The smallest absolute Gasteiger partial charge is 0.251 e. The lowest BCUT2D eigenvalue weighted by atomic mass is 10.1. The van der Waals surface area contributed by atoms with Crippen LogP contribution in [0.5, 0.6) is 11.5 Å². The number of hydrogen-bond acceptors (Lipinski definition) is 6. The van der Waals surface area contributed by atoms with Crippen LogP contribution < -0.4 is 20.8 Å². The van der Waals surface area contributed by atoms with Crippen LogP contribution in [0.15, 0.2) is 40.4 Å². The molecule has 0 amide bonds. The Morgan fingerprint density at radius 3 is 2.81 bits per heavy atom. The van der Waals surface area contributed by atoms with Crippen LogP contribution in [-0.2, 0) is 0 Å². The molecule has 0 aliphatic carbocycles. The first-order chi connectivity index (χ1) is 10.1. The zero-order valence-corrected chi connectivity index (χ0v) is 12.6. The van der Waals surface area contributed by atoms with Crippen molar-refractivity contribution in [3.63, 3.8) is 0 Å². The average Bonchev–Trinajstić information content (AvgIpc) is 2.52. The van der Waals surface area contributed by atoms with Crippen LogP contribution in [0, 0.1) is 0 Å². The van der Waals surface area contributed by atoms with E-state index in [9.17, 15) is 4.79 Å². The van der Waals surface area contributed by atoms with Crippen molar-refractivity contribution in [1.82, 2.24) is 9.97 Å². The SMILES string of the molecule is COc1ccc(C(N)CSc2nccc(=O)[nH]2)c(OC)c1. The van der Waals surface area contributed by atoms with Crippen molar-refractivity contribution in [3.8, 4) is 11.5 Å². The summed E-state index contributed by atoms with van der Waals surface area (Å²) in [7, 11) is 3.19. The Balaban J connectivity index is 2.09. The Kier molecular flexibility index (Phi) is 5.24. The molecular weight excluding hydrogens is 290 g/mol. The van der Waals surface area contributed by atoms with Crippen molar-refractivity contribution < 1.29 is 9.47 Å². The molecule has 112 valence electrons. The third kappa shape index (κ3) is 3.99. The maximum absolute atomic E-state index is 11.2. The molecule has 0 saturated heterocycles. The zero-order valence-electron chi connectivity index (χ0n) is 11.8. The van der Waals surface area contributed by atoms with E-state index in [4.69, 9.17) is 15.2 Å². The van der Waals surface area contributed by atoms with Crippen molar-refractivity contribution in [3.05, 3.63) is 46.4 Å². The van der Waals surface area contributed by atoms with E-state index in [1.165, 1.54) is 24.0 Å². The van der Waals surface area contributed by atoms with Crippen LogP contribution in [0.2, 0.25) is 0 Å². The lowest BCUT2D eigenvalue weighted by Gasteiger charge is -2.16. The van der Waals surface area contributed by atoms with Crippen molar-refractivity contribution >= 4 is 11.8 Å². The minimum absolute atomic E-state index is 0.178. The molecule has 1 atom stereocenters. The first-order valence-electron chi connectivity index (χ1n) is 6.29. The number of aromatic amines is 1. The van der Waals surface area contributed by atoms with E-state index in [0.29, 0.717) is 22.4 Å². The molecule has 1 unspecified atom stereocenters.